The second kappa shape index (κ2) is 14.0. The number of rotatable bonds is 11. The van der Waals surface area contributed by atoms with Crippen LogP contribution in [-0.2, 0) is 21.3 Å². The molecule has 2 aromatic carbocycles. The summed E-state index contributed by atoms with van der Waals surface area (Å²) < 4.78 is 90.4. The normalized spacial score (nSPS) is 18.5. The molecule has 1 aliphatic rings. The molecule has 0 bridgehead atoms. The Morgan fingerprint density at radius 2 is 1.95 bits per heavy atom. The molecule has 15 heteroatoms. The van der Waals surface area contributed by atoms with Crippen molar-refractivity contribution in [2.24, 2.45) is 5.14 Å². The summed E-state index contributed by atoms with van der Waals surface area (Å²) in [5.41, 5.74) is 1.31. The fourth-order valence-corrected chi connectivity index (χ4v) is 5.70. The maximum absolute atomic E-state index is 15.2. The average molecular weight is 642 g/mol. The van der Waals surface area contributed by atoms with Crippen LogP contribution in [-0.4, -0.2) is 94.5 Å². The predicted molar refractivity (Wildman–Crippen MR) is 159 cm³/mol. The van der Waals surface area contributed by atoms with Gasteiger partial charge in [0.05, 0.1) is 54.2 Å². The lowest BCUT2D eigenvalue weighted by Crippen LogP contribution is -2.50. The Hall–Kier alpha value is -3.55. The van der Waals surface area contributed by atoms with Crippen LogP contribution < -0.4 is 20.5 Å². The summed E-state index contributed by atoms with van der Waals surface area (Å²) in [6.07, 6.45) is -6.09. The molecule has 1 aromatic heterocycles. The maximum atomic E-state index is 15.2. The highest BCUT2D eigenvalue weighted by Crippen LogP contribution is 2.32. The van der Waals surface area contributed by atoms with E-state index in [1.165, 1.54) is 32.4 Å². The van der Waals surface area contributed by atoms with Gasteiger partial charge in [0.2, 0.25) is 10.0 Å². The molecule has 0 aliphatic carbocycles. The number of nitrogens with zero attached hydrogens (tertiary/aromatic N) is 2. The Kier molecular flexibility index (Phi) is 10.6. The molecule has 1 saturated heterocycles. The highest BCUT2D eigenvalue weighted by molar-refractivity contribution is 7.89. The van der Waals surface area contributed by atoms with E-state index < -0.39 is 41.1 Å². The average Bonchev–Trinajstić information content (AvgIpc) is 3.28. The molecule has 0 radical (unpaired) electrons. The van der Waals surface area contributed by atoms with Crippen molar-refractivity contribution in [2.75, 3.05) is 57.6 Å². The smallest absolute Gasteiger partial charge is 0.406 e. The number of aliphatic hydroxyl groups is 1. The number of aliphatic hydroxyl groups excluding tert-OH is 1. The van der Waals surface area contributed by atoms with E-state index in [9.17, 15) is 26.7 Å². The number of hydrogen-bond donors (Lipinski definition) is 4. The number of nitrogens with two attached hydrogens (primary N) is 1. The first-order chi connectivity index (χ1) is 20.8. The first-order valence-electron chi connectivity index (χ1n) is 13.7. The molecule has 1 unspecified atom stereocenters. The number of alkyl halides is 4. The first kappa shape index (κ1) is 33.3. The Labute approximate surface area is 253 Å². The van der Waals surface area contributed by atoms with Crippen molar-refractivity contribution in [3.63, 3.8) is 0 Å². The van der Waals surface area contributed by atoms with Gasteiger partial charge >= 0.3 is 6.18 Å². The Balaban J connectivity index is 1.54. The number of likely N-dealkylation sites (tertiary alicyclic amines) is 1. The number of piperidine rings is 1. The Bertz CT molecular complexity index is 1620. The third kappa shape index (κ3) is 8.54. The van der Waals surface area contributed by atoms with Crippen LogP contribution in [0, 0.1) is 11.8 Å². The lowest BCUT2D eigenvalue weighted by Gasteiger charge is -2.36. The summed E-state index contributed by atoms with van der Waals surface area (Å²) in [6.45, 7) is -0.206. The van der Waals surface area contributed by atoms with Crippen LogP contribution in [0.5, 0.6) is 5.75 Å². The minimum Gasteiger partial charge on any atom is -0.495 e. The number of hydrogen-bond acceptors (Lipinski definition) is 8. The number of β-amino-alcohol motifs (C(OH)–C–C–N with tert-alkyl or cyclic N) is 1. The van der Waals surface area contributed by atoms with E-state index in [0.717, 1.165) is 4.57 Å². The van der Waals surface area contributed by atoms with Gasteiger partial charge in [0.15, 0.2) is 0 Å². The number of nitrogens with one attached hydrogen (secondary N) is 2. The molecule has 5 N–H and O–H groups in total. The Morgan fingerprint density at radius 3 is 2.61 bits per heavy atom. The van der Waals surface area contributed by atoms with Crippen molar-refractivity contribution in [3.05, 3.63) is 48.2 Å². The molecule has 3 atom stereocenters. The van der Waals surface area contributed by atoms with Crippen molar-refractivity contribution in [2.45, 2.75) is 42.4 Å². The minimum atomic E-state index is -4.52. The number of halogens is 4. The van der Waals surface area contributed by atoms with E-state index in [2.05, 4.69) is 22.5 Å². The standard InChI is InChI=1S/C29H35F4N5O5S/c1-42-17-20(39)15-37-12-10-25(23(30)16-37)36-24-6-3-7-27-22(24)13-19(38(27)18-29(31,32)33)5-4-11-35-26-9-8-21(44(34,40)41)14-28(26)43-2/h3,6-9,13-14,20,23,25,35-36,39H,10-12,15-18H2,1-2H3,(H2,34,40,41)/t20-,23-,25?/m1/s1. The number of sulfonamides is 1. The van der Waals surface area contributed by atoms with E-state index in [0.29, 0.717) is 35.2 Å². The summed E-state index contributed by atoms with van der Waals surface area (Å²) in [7, 11) is -1.12. The molecule has 2 heterocycles. The SMILES string of the molecule is COC[C@H](O)CN1CCC(Nc2cccc3c2cc(C#CCNc2ccc(S(N)(=O)=O)cc2OC)n3CC(F)(F)F)[C@H](F)C1. The summed E-state index contributed by atoms with van der Waals surface area (Å²) in [5, 5.41) is 21.8. The van der Waals surface area contributed by atoms with Crippen LogP contribution in [0.2, 0.25) is 0 Å². The lowest BCUT2D eigenvalue weighted by atomic mass is 10.0. The lowest BCUT2D eigenvalue weighted by molar-refractivity contribution is -0.140. The van der Waals surface area contributed by atoms with E-state index in [1.807, 2.05) is 4.90 Å². The van der Waals surface area contributed by atoms with Gasteiger partial charge in [-0.05, 0) is 42.7 Å². The summed E-state index contributed by atoms with van der Waals surface area (Å²) >= 11 is 0. The fraction of sp³-hybridized carbons (Fsp3) is 0.448. The molecule has 0 amide bonds. The van der Waals surface area contributed by atoms with E-state index >= 15 is 4.39 Å². The number of anilines is 2. The van der Waals surface area contributed by atoms with Gasteiger partial charge in [-0.15, -0.1) is 0 Å². The molecule has 1 fully saturated rings. The number of fused-ring (bicyclic) bond motifs is 1. The van der Waals surface area contributed by atoms with Crippen molar-refractivity contribution in [1.82, 2.24) is 9.47 Å². The van der Waals surface area contributed by atoms with Crippen LogP contribution in [0.4, 0.5) is 28.9 Å². The van der Waals surface area contributed by atoms with Gasteiger partial charge < -0.3 is 29.8 Å². The van der Waals surface area contributed by atoms with Crippen molar-refractivity contribution in [1.29, 1.82) is 0 Å². The summed E-state index contributed by atoms with van der Waals surface area (Å²) in [5.74, 6) is 5.80. The zero-order chi connectivity index (χ0) is 32.1. The molecule has 44 heavy (non-hydrogen) atoms. The van der Waals surface area contributed by atoms with Crippen LogP contribution in [0.3, 0.4) is 0 Å². The van der Waals surface area contributed by atoms with Gasteiger partial charge in [-0.3, -0.25) is 4.90 Å². The molecular weight excluding hydrogens is 606 g/mol. The van der Waals surface area contributed by atoms with Gasteiger partial charge in [0, 0.05) is 43.9 Å². The second-order valence-electron chi connectivity index (χ2n) is 10.5. The molecule has 0 saturated carbocycles. The monoisotopic (exact) mass is 641 g/mol. The van der Waals surface area contributed by atoms with E-state index in [4.69, 9.17) is 14.6 Å². The van der Waals surface area contributed by atoms with Crippen LogP contribution in [0.1, 0.15) is 12.1 Å². The molecule has 240 valence electrons. The number of methoxy groups -OCH3 is 2. The zero-order valence-electron chi connectivity index (χ0n) is 24.2. The van der Waals surface area contributed by atoms with Gasteiger partial charge in [0.25, 0.3) is 0 Å². The summed E-state index contributed by atoms with van der Waals surface area (Å²) in [6, 6.07) is 9.81. The van der Waals surface area contributed by atoms with Crippen molar-refractivity contribution in [3.8, 4) is 17.6 Å². The molecule has 0 spiro atoms. The van der Waals surface area contributed by atoms with Gasteiger partial charge in [-0.25, -0.2) is 17.9 Å². The first-order valence-corrected chi connectivity index (χ1v) is 15.3. The van der Waals surface area contributed by atoms with Crippen LogP contribution >= 0.6 is 0 Å². The maximum Gasteiger partial charge on any atom is 0.406 e. The second-order valence-corrected chi connectivity index (χ2v) is 12.0. The number of benzene rings is 2. The highest BCUT2D eigenvalue weighted by atomic mass is 32.2. The van der Waals surface area contributed by atoms with Gasteiger partial charge in [0.1, 0.15) is 18.5 Å². The number of primary sulfonamides is 1. The van der Waals surface area contributed by atoms with Crippen LogP contribution in [0.15, 0.2) is 47.4 Å². The molecule has 1 aliphatic heterocycles. The summed E-state index contributed by atoms with van der Waals surface area (Å²) in [4.78, 5) is 1.68. The minimum absolute atomic E-state index is 0.00488. The molecular formula is C29H35F4N5O5S. The number of aromatic nitrogens is 1. The van der Waals surface area contributed by atoms with Gasteiger partial charge in [-0.2, -0.15) is 13.2 Å². The molecule has 3 aromatic rings. The van der Waals surface area contributed by atoms with E-state index in [1.54, 1.807) is 24.3 Å². The Morgan fingerprint density at radius 1 is 1.18 bits per heavy atom. The van der Waals surface area contributed by atoms with Gasteiger partial charge in [-0.1, -0.05) is 12.0 Å². The van der Waals surface area contributed by atoms with Crippen molar-refractivity contribution >= 4 is 32.3 Å². The van der Waals surface area contributed by atoms with Crippen molar-refractivity contribution < 1.29 is 40.6 Å². The number of ether oxygens (including phenoxy) is 2. The quantitative estimate of drug-likeness (QED) is 0.186. The third-order valence-electron chi connectivity index (χ3n) is 7.16. The third-order valence-corrected chi connectivity index (χ3v) is 8.07. The predicted octanol–water partition coefficient (Wildman–Crippen LogP) is 3.15. The fourth-order valence-electron chi connectivity index (χ4n) is 5.17. The van der Waals surface area contributed by atoms with Crippen LogP contribution in [0.25, 0.3) is 10.9 Å². The largest absolute Gasteiger partial charge is 0.495 e. The highest BCUT2D eigenvalue weighted by Gasteiger charge is 2.32. The molecule has 10 nitrogen and oxygen atoms in total. The van der Waals surface area contributed by atoms with E-state index in [-0.39, 0.29) is 42.6 Å². The molecule has 4 rings (SSSR count). The topological polar surface area (TPSA) is 131 Å². The zero-order valence-corrected chi connectivity index (χ0v) is 25.0.